The van der Waals surface area contributed by atoms with Crippen molar-refractivity contribution in [2.24, 2.45) is 0 Å². The molecule has 4 nitrogen and oxygen atoms in total. The largest absolute Gasteiger partial charge is 0.479 e. The Labute approximate surface area is 59.4 Å². The van der Waals surface area contributed by atoms with Gasteiger partial charge in [-0.3, -0.25) is 0 Å². The summed E-state index contributed by atoms with van der Waals surface area (Å²) in [4.78, 5) is 9.98. The molecule has 0 aliphatic heterocycles. The molecule has 0 amide bonds. The number of rotatable bonds is 4. The standard InChI is InChI=1S/C6H12O4/c1-4(2)10-3-5(7)6(8)9/h4-5,7H,3H2,1-2H3,(H,8,9). The molecule has 0 saturated carbocycles. The predicted molar refractivity (Wildman–Crippen MR) is 34.7 cm³/mol. The van der Waals surface area contributed by atoms with Crippen LogP contribution in [0.3, 0.4) is 0 Å². The molecule has 0 aliphatic rings. The number of aliphatic hydroxyl groups is 1. The molecule has 0 spiro atoms. The average Bonchev–Trinajstić information content (AvgIpc) is 1.82. The second-order valence-corrected chi connectivity index (χ2v) is 2.24. The number of carbonyl (C=O) groups is 1. The molecule has 0 saturated heterocycles. The molecule has 0 heterocycles. The maximum absolute atomic E-state index is 9.98. The van der Waals surface area contributed by atoms with Crippen LogP contribution in [0.5, 0.6) is 0 Å². The first-order chi connectivity index (χ1) is 4.54. The molecule has 0 bridgehead atoms. The van der Waals surface area contributed by atoms with Gasteiger partial charge < -0.3 is 14.9 Å². The van der Waals surface area contributed by atoms with Gasteiger partial charge in [-0.05, 0) is 13.8 Å². The fourth-order valence-electron chi connectivity index (χ4n) is 0.355. The molecule has 0 aromatic rings. The Morgan fingerprint density at radius 2 is 2.10 bits per heavy atom. The molecule has 2 N–H and O–H groups in total. The minimum Gasteiger partial charge on any atom is -0.479 e. The first kappa shape index (κ1) is 9.39. The molecule has 60 valence electrons. The number of aliphatic hydroxyl groups excluding tert-OH is 1. The van der Waals surface area contributed by atoms with E-state index in [1.807, 2.05) is 0 Å². The number of ether oxygens (including phenoxy) is 1. The number of aliphatic carboxylic acids is 1. The third-order valence-corrected chi connectivity index (χ3v) is 0.872. The normalized spacial score (nSPS) is 13.6. The summed E-state index contributed by atoms with van der Waals surface area (Å²) >= 11 is 0. The lowest BCUT2D eigenvalue weighted by Crippen LogP contribution is -2.26. The molecular weight excluding hydrogens is 136 g/mol. The SMILES string of the molecule is CC(C)OCC(O)C(=O)O. The molecule has 0 aromatic carbocycles. The lowest BCUT2D eigenvalue weighted by atomic mass is 10.4. The molecule has 0 aromatic heterocycles. The van der Waals surface area contributed by atoms with Crippen LogP contribution in [0.1, 0.15) is 13.8 Å². The van der Waals surface area contributed by atoms with Crippen molar-refractivity contribution in [3.63, 3.8) is 0 Å². The topological polar surface area (TPSA) is 66.8 Å². The van der Waals surface area contributed by atoms with Gasteiger partial charge in [0, 0.05) is 0 Å². The zero-order valence-corrected chi connectivity index (χ0v) is 6.07. The van der Waals surface area contributed by atoms with Crippen LogP contribution in [0.4, 0.5) is 0 Å². The fourth-order valence-corrected chi connectivity index (χ4v) is 0.355. The van der Waals surface area contributed by atoms with E-state index in [0.717, 1.165) is 0 Å². The van der Waals surface area contributed by atoms with Crippen molar-refractivity contribution in [3.8, 4) is 0 Å². The average molecular weight is 148 g/mol. The summed E-state index contributed by atoms with van der Waals surface area (Å²) in [5.41, 5.74) is 0. The van der Waals surface area contributed by atoms with Crippen LogP contribution in [-0.4, -0.2) is 35.0 Å². The van der Waals surface area contributed by atoms with Gasteiger partial charge in [0.05, 0.1) is 12.7 Å². The van der Waals surface area contributed by atoms with Gasteiger partial charge >= 0.3 is 5.97 Å². The van der Waals surface area contributed by atoms with E-state index in [-0.39, 0.29) is 12.7 Å². The van der Waals surface area contributed by atoms with E-state index in [1.54, 1.807) is 13.8 Å². The Morgan fingerprint density at radius 1 is 1.60 bits per heavy atom. The molecule has 10 heavy (non-hydrogen) atoms. The first-order valence-corrected chi connectivity index (χ1v) is 3.06. The summed E-state index contributed by atoms with van der Waals surface area (Å²) in [7, 11) is 0. The van der Waals surface area contributed by atoms with Crippen LogP contribution < -0.4 is 0 Å². The molecule has 1 atom stereocenters. The minimum atomic E-state index is -1.40. The van der Waals surface area contributed by atoms with Crippen LogP contribution in [0.15, 0.2) is 0 Å². The molecule has 0 radical (unpaired) electrons. The monoisotopic (exact) mass is 148 g/mol. The van der Waals surface area contributed by atoms with Crippen molar-refractivity contribution >= 4 is 5.97 Å². The Bertz CT molecular complexity index is 110. The predicted octanol–water partition coefficient (Wildman–Crippen LogP) is -0.143. The van der Waals surface area contributed by atoms with Crippen molar-refractivity contribution in [3.05, 3.63) is 0 Å². The smallest absolute Gasteiger partial charge is 0.334 e. The van der Waals surface area contributed by atoms with Crippen LogP contribution >= 0.6 is 0 Å². The highest BCUT2D eigenvalue weighted by molar-refractivity contribution is 5.71. The Balaban J connectivity index is 3.40. The van der Waals surface area contributed by atoms with Gasteiger partial charge in [0.15, 0.2) is 6.10 Å². The number of hydrogen-bond donors (Lipinski definition) is 2. The van der Waals surface area contributed by atoms with Crippen molar-refractivity contribution in [1.29, 1.82) is 0 Å². The van der Waals surface area contributed by atoms with Crippen LogP contribution in [0, 0.1) is 0 Å². The molecule has 4 heteroatoms. The summed E-state index contributed by atoms with van der Waals surface area (Å²) in [5.74, 6) is -1.25. The summed E-state index contributed by atoms with van der Waals surface area (Å²) in [6, 6.07) is 0. The zero-order chi connectivity index (χ0) is 8.15. The lowest BCUT2D eigenvalue weighted by Gasteiger charge is -2.08. The lowest BCUT2D eigenvalue weighted by molar-refractivity contribution is -0.150. The Kier molecular flexibility index (Phi) is 3.99. The second-order valence-electron chi connectivity index (χ2n) is 2.24. The number of hydrogen-bond acceptors (Lipinski definition) is 3. The maximum atomic E-state index is 9.98. The molecule has 0 fully saturated rings. The van der Waals surface area contributed by atoms with E-state index in [2.05, 4.69) is 0 Å². The van der Waals surface area contributed by atoms with E-state index in [0.29, 0.717) is 0 Å². The Hall–Kier alpha value is -0.610. The van der Waals surface area contributed by atoms with Crippen molar-refractivity contribution in [1.82, 2.24) is 0 Å². The summed E-state index contributed by atoms with van der Waals surface area (Å²) < 4.78 is 4.83. The number of carboxylic acid groups (broad SMARTS) is 1. The van der Waals surface area contributed by atoms with E-state index in [4.69, 9.17) is 14.9 Å². The highest BCUT2D eigenvalue weighted by atomic mass is 16.5. The van der Waals surface area contributed by atoms with Gasteiger partial charge in [-0.2, -0.15) is 0 Å². The van der Waals surface area contributed by atoms with Gasteiger partial charge in [0.1, 0.15) is 0 Å². The molecule has 0 aliphatic carbocycles. The third kappa shape index (κ3) is 4.29. The van der Waals surface area contributed by atoms with Gasteiger partial charge in [-0.1, -0.05) is 0 Å². The first-order valence-electron chi connectivity index (χ1n) is 3.06. The Morgan fingerprint density at radius 3 is 2.40 bits per heavy atom. The molecule has 1 unspecified atom stereocenters. The highest BCUT2D eigenvalue weighted by Gasteiger charge is 2.12. The van der Waals surface area contributed by atoms with Crippen LogP contribution in [0.2, 0.25) is 0 Å². The van der Waals surface area contributed by atoms with Gasteiger partial charge in [-0.25, -0.2) is 4.79 Å². The van der Waals surface area contributed by atoms with Crippen molar-refractivity contribution in [2.75, 3.05) is 6.61 Å². The van der Waals surface area contributed by atoms with Gasteiger partial charge in [-0.15, -0.1) is 0 Å². The van der Waals surface area contributed by atoms with E-state index < -0.39 is 12.1 Å². The van der Waals surface area contributed by atoms with Crippen molar-refractivity contribution < 1.29 is 19.7 Å². The summed E-state index contributed by atoms with van der Waals surface area (Å²) in [5, 5.41) is 16.8. The van der Waals surface area contributed by atoms with Crippen LogP contribution in [0.25, 0.3) is 0 Å². The van der Waals surface area contributed by atoms with E-state index >= 15 is 0 Å². The molecule has 0 rings (SSSR count). The maximum Gasteiger partial charge on any atom is 0.334 e. The minimum absolute atomic E-state index is 0.0472. The highest BCUT2D eigenvalue weighted by Crippen LogP contribution is 1.90. The fraction of sp³-hybridized carbons (Fsp3) is 0.833. The zero-order valence-electron chi connectivity index (χ0n) is 6.07. The summed E-state index contributed by atoms with van der Waals surface area (Å²) in [6.07, 6.45) is -1.45. The van der Waals surface area contributed by atoms with Crippen molar-refractivity contribution in [2.45, 2.75) is 26.1 Å². The van der Waals surface area contributed by atoms with Gasteiger partial charge in [0.2, 0.25) is 0 Å². The number of carboxylic acids is 1. The van der Waals surface area contributed by atoms with E-state index in [1.165, 1.54) is 0 Å². The third-order valence-electron chi connectivity index (χ3n) is 0.872. The van der Waals surface area contributed by atoms with Gasteiger partial charge in [0.25, 0.3) is 0 Å². The second kappa shape index (κ2) is 4.24. The van der Waals surface area contributed by atoms with E-state index in [9.17, 15) is 4.79 Å². The molecular formula is C6H12O4. The van der Waals surface area contributed by atoms with Crippen LogP contribution in [-0.2, 0) is 9.53 Å². The quantitative estimate of drug-likeness (QED) is 0.582. The summed E-state index contributed by atoms with van der Waals surface area (Å²) in [6.45, 7) is 3.40.